The highest BCUT2D eigenvalue weighted by molar-refractivity contribution is 7.47. The minimum atomic E-state index is -3.99. The van der Waals surface area contributed by atoms with Crippen molar-refractivity contribution < 1.29 is 23.2 Å². The Hall–Kier alpha value is -0.870. The average Bonchev–Trinajstić information content (AvgIpc) is 2.36. The summed E-state index contributed by atoms with van der Waals surface area (Å²) in [6.45, 7) is 5.53. The van der Waals surface area contributed by atoms with Crippen LogP contribution in [0.1, 0.15) is 33.6 Å². The van der Waals surface area contributed by atoms with Gasteiger partial charge in [0, 0.05) is 0 Å². The van der Waals surface area contributed by atoms with Gasteiger partial charge < -0.3 is 9.63 Å². The Kier molecular flexibility index (Phi) is 4.55. The Balaban J connectivity index is 2.31. The van der Waals surface area contributed by atoms with Crippen molar-refractivity contribution in [2.24, 2.45) is 0 Å². The summed E-state index contributed by atoms with van der Waals surface area (Å²) in [6.07, 6.45) is 0.443. The highest BCUT2D eigenvalue weighted by Crippen LogP contribution is 2.55. The van der Waals surface area contributed by atoms with Crippen molar-refractivity contribution in [1.82, 2.24) is 0 Å². The lowest BCUT2D eigenvalue weighted by atomic mass is 9.86. The summed E-state index contributed by atoms with van der Waals surface area (Å²) in [6, 6.07) is 9.37. The molecular formula is C14H21O5P. The molecule has 2 atom stereocenters. The summed E-state index contributed by atoms with van der Waals surface area (Å²) < 4.78 is 28.1. The number of rotatable bonds is 4. The van der Waals surface area contributed by atoms with Gasteiger partial charge in [0.1, 0.15) is 18.0 Å². The van der Waals surface area contributed by atoms with Crippen LogP contribution in [0.3, 0.4) is 0 Å². The molecule has 20 heavy (non-hydrogen) atoms. The van der Waals surface area contributed by atoms with Crippen LogP contribution in [0.5, 0.6) is 5.75 Å². The van der Waals surface area contributed by atoms with E-state index in [2.05, 4.69) is 0 Å². The highest BCUT2D eigenvalue weighted by Gasteiger charge is 2.53. The van der Waals surface area contributed by atoms with Crippen LogP contribution in [0.2, 0.25) is 0 Å². The molecule has 6 heteroatoms. The molecule has 1 fully saturated rings. The summed E-state index contributed by atoms with van der Waals surface area (Å²) in [7, 11) is -3.99. The Morgan fingerprint density at radius 2 is 1.80 bits per heavy atom. The van der Waals surface area contributed by atoms with Crippen LogP contribution in [-0.4, -0.2) is 22.7 Å². The van der Waals surface area contributed by atoms with Gasteiger partial charge in [-0.05, 0) is 32.4 Å². The molecule has 1 saturated heterocycles. The molecule has 0 radical (unpaired) electrons. The standard InChI is InChI=1S/C14H21O5P/c1-4-10-14(17-13-8-6-5-7-9-13)11(2)18-20(15,16)19-12(14)3/h5-9,11-12H,4,10H2,1-3H3,(H,15,16). The third kappa shape index (κ3) is 3.07. The van der Waals surface area contributed by atoms with Crippen LogP contribution in [0.25, 0.3) is 0 Å². The first-order chi connectivity index (χ1) is 9.39. The van der Waals surface area contributed by atoms with Gasteiger partial charge in [0.05, 0.1) is 0 Å². The van der Waals surface area contributed by atoms with E-state index < -0.39 is 25.6 Å². The van der Waals surface area contributed by atoms with E-state index in [1.54, 1.807) is 13.8 Å². The zero-order chi connectivity index (χ0) is 14.8. The number of ether oxygens (including phenoxy) is 1. The molecule has 0 spiro atoms. The Morgan fingerprint density at radius 1 is 1.25 bits per heavy atom. The van der Waals surface area contributed by atoms with E-state index in [-0.39, 0.29) is 0 Å². The SMILES string of the molecule is CCCC1(Oc2ccccc2)C(C)OP(=O)(O)OC1C. The molecule has 0 saturated carbocycles. The molecule has 2 rings (SSSR count). The Labute approximate surface area is 119 Å². The predicted octanol–water partition coefficient (Wildman–Crippen LogP) is 3.53. The summed E-state index contributed by atoms with van der Waals surface area (Å²) in [5.74, 6) is 0.696. The average molecular weight is 300 g/mol. The molecule has 1 aliphatic rings. The molecule has 1 heterocycles. The molecule has 0 amide bonds. The summed E-state index contributed by atoms with van der Waals surface area (Å²) in [5.41, 5.74) is -0.771. The van der Waals surface area contributed by atoms with Gasteiger partial charge in [-0.3, -0.25) is 9.05 Å². The topological polar surface area (TPSA) is 65.0 Å². The highest BCUT2D eigenvalue weighted by atomic mass is 31.2. The summed E-state index contributed by atoms with van der Waals surface area (Å²) in [5, 5.41) is 0. The molecule has 0 aliphatic carbocycles. The minimum Gasteiger partial charge on any atom is -0.482 e. The molecule has 0 aromatic heterocycles. The van der Waals surface area contributed by atoms with Gasteiger partial charge in [-0.2, -0.15) is 0 Å². The lowest BCUT2D eigenvalue weighted by Gasteiger charge is -2.46. The number of benzene rings is 1. The van der Waals surface area contributed by atoms with Crippen molar-refractivity contribution in [3.63, 3.8) is 0 Å². The van der Waals surface area contributed by atoms with Gasteiger partial charge in [-0.1, -0.05) is 31.5 Å². The second-order valence-electron chi connectivity index (χ2n) is 5.08. The van der Waals surface area contributed by atoms with Crippen LogP contribution in [0.4, 0.5) is 0 Å². The first-order valence-electron chi connectivity index (χ1n) is 6.83. The van der Waals surface area contributed by atoms with Gasteiger partial charge in [0.2, 0.25) is 0 Å². The van der Waals surface area contributed by atoms with E-state index in [1.165, 1.54) is 0 Å². The summed E-state index contributed by atoms with van der Waals surface area (Å²) >= 11 is 0. The van der Waals surface area contributed by atoms with Crippen molar-refractivity contribution in [3.8, 4) is 5.75 Å². The second-order valence-corrected chi connectivity index (χ2v) is 6.44. The lowest BCUT2D eigenvalue weighted by Crippen LogP contribution is -2.58. The second kappa shape index (κ2) is 5.86. The van der Waals surface area contributed by atoms with Crippen LogP contribution in [0.15, 0.2) is 30.3 Å². The molecule has 2 unspecified atom stereocenters. The predicted molar refractivity (Wildman–Crippen MR) is 75.6 cm³/mol. The Bertz CT molecular complexity index is 474. The van der Waals surface area contributed by atoms with Crippen molar-refractivity contribution in [1.29, 1.82) is 0 Å². The lowest BCUT2D eigenvalue weighted by molar-refractivity contribution is -0.149. The normalized spacial score (nSPS) is 37.6. The molecule has 5 nitrogen and oxygen atoms in total. The molecule has 0 bridgehead atoms. The van der Waals surface area contributed by atoms with E-state index in [1.807, 2.05) is 37.3 Å². The third-order valence-corrected chi connectivity index (χ3v) is 4.82. The quantitative estimate of drug-likeness (QED) is 0.862. The smallest absolute Gasteiger partial charge is 0.472 e. The molecule has 1 aliphatic heterocycles. The largest absolute Gasteiger partial charge is 0.482 e. The molecular weight excluding hydrogens is 279 g/mol. The van der Waals surface area contributed by atoms with Crippen LogP contribution < -0.4 is 4.74 Å². The van der Waals surface area contributed by atoms with Crippen molar-refractivity contribution in [3.05, 3.63) is 30.3 Å². The molecule has 112 valence electrons. The van der Waals surface area contributed by atoms with Gasteiger partial charge in [0.25, 0.3) is 0 Å². The fraction of sp³-hybridized carbons (Fsp3) is 0.571. The van der Waals surface area contributed by atoms with Crippen molar-refractivity contribution >= 4 is 7.82 Å². The van der Waals surface area contributed by atoms with E-state index in [4.69, 9.17) is 13.8 Å². The van der Waals surface area contributed by atoms with Gasteiger partial charge in [-0.25, -0.2) is 4.57 Å². The monoisotopic (exact) mass is 300 g/mol. The van der Waals surface area contributed by atoms with E-state index in [9.17, 15) is 9.46 Å². The van der Waals surface area contributed by atoms with Crippen molar-refractivity contribution in [2.75, 3.05) is 0 Å². The first-order valence-corrected chi connectivity index (χ1v) is 8.33. The van der Waals surface area contributed by atoms with Crippen LogP contribution in [0, 0.1) is 0 Å². The maximum absolute atomic E-state index is 11.7. The molecule has 1 aromatic rings. The van der Waals surface area contributed by atoms with Gasteiger partial charge >= 0.3 is 7.82 Å². The van der Waals surface area contributed by atoms with Crippen LogP contribution in [-0.2, 0) is 13.6 Å². The fourth-order valence-electron chi connectivity index (χ4n) is 2.66. The zero-order valence-corrected chi connectivity index (χ0v) is 12.9. The summed E-state index contributed by atoms with van der Waals surface area (Å²) in [4.78, 5) is 9.54. The van der Waals surface area contributed by atoms with Gasteiger partial charge in [0.15, 0.2) is 5.60 Å². The first kappa shape index (κ1) is 15.5. The number of para-hydroxylation sites is 1. The maximum Gasteiger partial charge on any atom is 0.472 e. The Morgan fingerprint density at radius 3 is 2.30 bits per heavy atom. The number of phosphoric ester groups is 1. The van der Waals surface area contributed by atoms with E-state index in [0.717, 1.165) is 6.42 Å². The maximum atomic E-state index is 11.7. The van der Waals surface area contributed by atoms with Gasteiger partial charge in [-0.15, -0.1) is 0 Å². The van der Waals surface area contributed by atoms with Crippen LogP contribution >= 0.6 is 7.82 Å². The third-order valence-electron chi connectivity index (χ3n) is 3.65. The molecule has 1 N–H and O–H groups in total. The molecule has 1 aromatic carbocycles. The number of phosphoric acid groups is 1. The van der Waals surface area contributed by atoms with E-state index in [0.29, 0.717) is 12.2 Å². The van der Waals surface area contributed by atoms with Crippen molar-refractivity contribution in [2.45, 2.75) is 51.4 Å². The number of hydrogen-bond donors (Lipinski definition) is 1. The number of hydrogen-bond acceptors (Lipinski definition) is 4. The zero-order valence-electron chi connectivity index (χ0n) is 12.0. The van der Waals surface area contributed by atoms with E-state index >= 15 is 0 Å². The minimum absolute atomic E-state index is 0.540. The fourth-order valence-corrected chi connectivity index (χ4v) is 3.86.